The Morgan fingerprint density at radius 1 is 0.853 bits per heavy atom. The highest BCUT2D eigenvalue weighted by Gasteiger charge is 2.83. The topological polar surface area (TPSA) is 66.4 Å². The predicted molar refractivity (Wildman–Crippen MR) is 106 cm³/mol. The second-order valence-electron chi connectivity index (χ2n) is 7.04. The van der Waals surface area contributed by atoms with Crippen molar-refractivity contribution in [1.82, 2.24) is 0 Å². The second-order valence-corrected chi connectivity index (χ2v) is 10.7. The van der Waals surface area contributed by atoms with Gasteiger partial charge in [-0.05, 0) is 30.4 Å². The number of rotatable bonds is 5. The molecule has 15 heteroatoms. The van der Waals surface area contributed by atoms with E-state index in [1.165, 1.54) is 40.0 Å². The predicted octanol–water partition coefficient (Wildman–Crippen LogP) is 5.58. The fourth-order valence-electron chi connectivity index (χ4n) is 3.06. The van der Waals surface area contributed by atoms with Crippen LogP contribution in [-0.4, -0.2) is 54.9 Å². The minimum Gasteiger partial charge on any atom is -0.743 e. The Bertz CT molecular complexity index is 1110. The minimum absolute atomic E-state index is 0.398. The van der Waals surface area contributed by atoms with Crippen molar-refractivity contribution in [2.45, 2.75) is 41.0 Å². The Kier molecular flexibility index (Phi) is 8.05. The number of alkyl halides is 9. The van der Waals surface area contributed by atoms with E-state index >= 15 is 0 Å². The van der Waals surface area contributed by atoms with Crippen LogP contribution in [0, 0.1) is 0 Å². The molecule has 1 aliphatic rings. The number of methoxy groups -OCH3 is 1. The summed E-state index contributed by atoms with van der Waals surface area (Å²) in [6, 6.07) is 13.0. The van der Waals surface area contributed by atoms with Gasteiger partial charge in [0.1, 0.15) is 11.5 Å². The number of fused-ring (bicyclic) bond motifs is 1. The van der Waals surface area contributed by atoms with Crippen molar-refractivity contribution in [2.24, 2.45) is 0 Å². The van der Waals surface area contributed by atoms with Crippen LogP contribution in [0.2, 0.25) is 0 Å². The highest BCUT2D eigenvalue weighted by molar-refractivity contribution is 7.97. The molecule has 1 saturated heterocycles. The maximum atomic E-state index is 12.2. The normalized spacial score (nSPS) is 16.3. The summed E-state index contributed by atoms with van der Waals surface area (Å²) in [6.45, 7) is 0. The third-order valence-corrected chi connectivity index (χ3v) is 8.26. The third kappa shape index (κ3) is 5.05. The molecule has 0 aliphatic carbocycles. The van der Waals surface area contributed by atoms with Crippen molar-refractivity contribution in [3.05, 3.63) is 36.4 Å². The molecule has 0 N–H and O–H groups in total. The van der Waals surface area contributed by atoms with Crippen LogP contribution in [0.5, 0.6) is 5.75 Å². The Balaban J connectivity index is 0.000000240. The average Bonchev–Trinajstić information content (AvgIpc) is 3.25. The van der Waals surface area contributed by atoms with E-state index in [-0.39, 0.29) is 0 Å². The van der Waals surface area contributed by atoms with Gasteiger partial charge in [-0.1, -0.05) is 24.3 Å². The average molecular weight is 544 g/mol. The van der Waals surface area contributed by atoms with E-state index in [2.05, 4.69) is 36.4 Å². The molecule has 192 valence electrons. The lowest BCUT2D eigenvalue weighted by Crippen LogP contribution is -2.63. The number of benzene rings is 2. The van der Waals surface area contributed by atoms with Crippen LogP contribution >= 0.6 is 0 Å². The molecule has 1 heterocycles. The van der Waals surface area contributed by atoms with Gasteiger partial charge < -0.3 is 9.29 Å². The number of hydrogen-bond acceptors (Lipinski definition) is 4. The van der Waals surface area contributed by atoms with Gasteiger partial charge in [0.05, 0.1) is 7.11 Å². The molecule has 0 radical (unpaired) electrons. The molecule has 34 heavy (non-hydrogen) atoms. The number of halogens is 9. The third-order valence-electron chi connectivity index (χ3n) is 4.81. The van der Waals surface area contributed by atoms with Gasteiger partial charge >= 0.3 is 23.3 Å². The molecule has 1 aliphatic heterocycles. The monoisotopic (exact) mass is 544 g/mol. The first-order valence-corrected chi connectivity index (χ1v) is 12.3. The lowest BCUT2D eigenvalue weighted by molar-refractivity contribution is -0.382. The molecule has 2 aromatic rings. The fraction of sp³-hybridized carbons (Fsp3) is 0.474. The summed E-state index contributed by atoms with van der Waals surface area (Å²) >= 11 is 0. The molecular weight excluding hydrogens is 527 g/mol. The lowest BCUT2D eigenvalue weighted by Gasteiger charge is -2.34. The van der Waals surface area contributed by atoms with E-state index < -0.39 is 33.4 Å². The van der Waals surface area contributed by atoms with Gasteiger partial charge in [0.2, 0.25) is 4.90 Å². The van der Waals surface area contributed by atoms with E-state index in [0.29, 0.717) is 10.9 Å². The van der Waals surface area contributed by atoms with Crippen molar-refractivity contribution in [1.29, 1.82) is 0 Å². The van der Waals surface area contributed by atoms with Gasteiger partial charge in [-0.15, -0.1) is 0 Å². The number of ether oxygens (including phenoxy) is 1. The second kappa shape index (κ2) is 9.64. The molecule has 1 fully saturated rings. The zero-order valence-corrected chi connectivity index (χ0v) is 18.8. The summed E-state index contributed by atoms with van der Waals surface area (Å²) in [5, 5.41) is -4.39. The summed E-state index contributed by atoms with van der Waals surface area (Å²) in [6.07, 6.45) is -4.42. The standard InChI is InChI=1S/C15H17OS.C4HF9O3S/c1-16-14-9-8-12-6-2-3-7-13(12)15(14)17-10-4-5-11-17;5-1(6,3(9,10)11)2(7,8)4(12,13)17(14,15)16/h2-3,6-9H,4-5,10-11H2,1H3;(H,14,15,16)/q+1;/p-1. The van der Waals surface area contributed by atoms with Crippen LogP contribution in [-0.2, 0) is 21.0 Å². The van der Waals surface area contributed by atoms with Crippen molar-refractivity contribution < 1.29 is 57.2 Å². The van der Waals surface area contributed by atoms with E-state index in [0.717, 1.165) is 5.75 Å². The fourth-order valence-corrected chi connectivity index (χ4v) is 6.15. The minimum atomic E-state index is -7.43. The molecule has 0 aromatic heterocycles. The molecule has 0 atom stereocenters. The first kappa shape index (κ1) is 28.4. The zero-order valence-electron chi connectivity index (χ0n) is 17.1. The molecule has 0 saturated carbocycles. The van der Waals surface area contributed by atoms with E-state index in [9.17, 15) is 52.5 Å². The van der Waals surface area contributed by atoms with Crippen LogP contribution in [0.15, 0.2) is 41.3 Å². The Labute approximate surface area is 191 Å². The van der Waals surface area contributed by atoms with E-state index in [1.807, 2.05) is 0 Å². The van der Waals surface area contributed by atoms with Gasteiger partial charge in [-0.2, -0.15) is 39.5 Å². The highest BCUT2D eigenvalue weighted by Crippen LogP contribution is 2.54. The quantitative estimate of drug-likeness (QED) is 0.280. The maximum absolute atomic E-state index is 12.2. The molecule has 0 spiro atoms. The lowest BCUT2D eigenvalue weighted by atomic mass is 10.1. The molecular formula is C19H17F9O4S2. The van der Waals surface area contributed by atoms with Crippen molar-refractivity contribution >= 4 is 31.8 Å². The van der Waals surface area contributed by atoms with E-state index in [4.69, 9.17) is 4.74 Å². The van der Waals surface area contributed by atoms with Gasteiger partial charge in [-0.25, -0.2) is 8.42 Å². The Hall–Kier alpha value is -1.87. The van der Waals surface area contributed by atoms with Crippen LogP contribution in [0.25, 0.3) is 10.8 Å². The van der Waals surface area contributed by atoms with Crippen LogP contribution in [0.3, 0.4) is 0 Å². The zero-order chi connectivity index (χ0) is 26.2. The Morgan fingerprint density at radius 2 is 1.38 bits per heavy atom. The highest BCUT2D eigenvalue weighted by atomic mass is 32.2. The van der Waals surface area contributed by atoms with Gasteiger partial charge in [0.25, 0.3) is 0 Å². The molecule has 2 aromatic carbocycles. The van der Waals surface area contributed by atoms with Crippen LogP contribution in [0.4, 0.5) is 39.5 Å². The summed E-state index contributed by atoms with van der Waals surface area (Å²) in [7, 11) is -5.23. The first-order chi connectivity index (χ1) is 15.4. The van der Waals surface area contributed by atoms with Gasteiger partial charge in [-0.3, -0.25) is 0 Å². The van der Waals surface area contributed by atoms with E-state index in [1.54, 1.807) is 7.11 Å². The van der Waals surface area contributed by atoms with Gasteiger partial charge in [0.15, 0.2) is 15.9 Å². The van der Waals surface area contributed by atoms with Crippen LogP contribution < -0.4 is 4.74 Å². The SMILES string of the molecule is COc1ccc2ccccc2c1[S+]1CCCC1.O=S(=O)([O-])C(F)(F)C(F)(F)C(F)(F)C(F)(F)F. The molecule has 0 amide bonds. The van der Waals surface area contributed by atoms with Crippen molar-refractivity contribution in [3.63, 3.8) is 0 Å². The summed E-state index contributed by atoms with van der Waals surface area (Å²) in [5.74, 6) is -11.1. The number of hydrogen-bond donors (Lipinski definition) is 0. The first-order valence-electron chi connectivity index (χ1n) is 9.29. The molecule has 0 unspecified atom stereocenters. The molecule has 0 bridgehead atoms. The molecule has 4 nitrogen and oxygen atoms in total. The van der Waals surface area contributed by atoms with Crippen molar-refractivity contribution in [2.75, 3.05) is 18.6 Å². The summed E-state index contributed by atoms with van der Waals surface area (Å²) in [4.78, 5) is 1.46. The maximum Gasteiger partial charge on any atom is 0.460 e. The summed E-state index contributed by atoms with van der Waals surface area (Å²) in [5.41, 5.74) is 0. The summed E-state index contributed by atoms with van der Waals surface area (Å²) < 4.78 is 141. The largest absolute Gasteiger partial charge is 0.743 e. The van der Waals surface area contributed by atoms with Crippen LogP contribution in [0.1, 0.15) is 12.8 Å². The van der Waals surface area contributed by atoms with Gasteiger partial charge in [0, 0.05) is 16.3 Å². The Morgan fingerprint density at radius 3 is 1.85 bits per heavy atom. The van der Waals surface area contributed by atoms with Crippen molar-refractivity contribution in [3.8, 4) is 5.75 Å². The smallest absolute Gasteiger partial charge is 0.460 e. The molecule has 3 rings (SSSR count).